The fourth-order valence-electron chi connectivity index (χ4n) is 2.05. The zero-order chi connectivity index (χ0) is 13.8. The van der Waals surface area contributed by atoms with Gasteiger partial charge in [0.05, 0.1) is 11.7 Å². The Kier molecular flexibility index (Phi) is 4.66. The van der Waals surface area contributed by atoms with Gasteiger partial charge in [0.25, 0.3) is 0 Å². The summed E-state index contributed by atoms with van der Waals surface area (Å²) in [6.45, 7) is 1.57. The van der Waals surface area contributed by atoms with Gasteiger partial charge in [0.1, 0.15) is 11.6 Å². The van der Waals surface area contributed by atoms with E-state index in [4.69, 9.17) is 0 Å². The van der Waals surface area contributed by atoms with Gasteiger partial charge in [-0.25, -0.2) is 8.78 Å². The van der Waals surface area contributed by atoms with Gasteiger partial charge >= 0.3 is 0 Å². The quantitative estimate of drug-likeness (QED) is 0.862. The van der Waals surface area contributed by atoms with Crippen molar-refractivity contribution < 1.29 is 13.9 Å². The van der Waals surface area contributed by atoms with Crippen molar-refractivity contribution in [2.75, 3.05) is 0 Å². The number of hydrogen-bond donors (Lipinski definition) is 1. The number of hydrogen-bond acceptors (Lipinski definition) is 2. The Morgan fingerprint density at radius 3 is 2.74 bits per heavy atom. The molecule has 0 saturated carbocycles. The lowest BCUT2D eigenvalue weighted by Crippen LogP contribution is -2.06. The van der Waals surface area contributed by atoms with Crippen molar-refractivity contribution in [3.8, 4) is 0 Å². The smallest absolute Gasteiger partial charge is 0.134 e. The molecule has 0 aliphatic carbocycles. The average Bonchev–Trinajstić information content (AvgIpc) is 2.87. The lowest BCUT2D eigenvalue weighted by Gasteiger charge is -2.14. The molecule has 1 aromatic carbocycles. The van der Waals surface area contributed by atoms with Gasteiger partial charge < -0.3 is 5.11 Å². The molecule has 0 radical (unpaired) electrons. The summed E-state index contributed by atoms with van der Waals surface area (Å²) in [5.74, 6) is -1.31. The van der Waals surface area contributed by atoms with E-state index in [1.807, 2.05) is 17.5 Å². The molecule has 2 rings (SSSR count). The number of benzene rings is 1. The minimum absolute atomic E-state index is 0.203. The molecule has 0 aliphatic heterocycles. The number of thiophene rings is 1. The standard InChI is InChI=1S/C15H16F2OS/c1-10-7-8-12(16)14(15(10)17)13(18)6-2-4-11-5-3-9-19-11/h3,5,7-9,13,18H,2,4,6H2,1H3. The van der Waals surface area contributed by atoms with E-state index in [1.165, 1.54) is 17.0 Å². The topological polar surface area (TPSA) is 20.2 Å². The van der Waals surface area contributed by atoms with E-state index < -0.39 is 17.7 Å². The van der Waals surface area contributed by atoms with Crippen molar-refractivity contribution in [2.45, 2.75) is 32.3 Å². The van der Waals surface area contributed by atoms with Crippen LogP contribution in [0.25, 0.3) is 0 Å². The number of rotatable bonds is 5. The van der Waals surface area contributed by atoms with E-state index in [0.717, 1.165) is 6.42 Å². The lowest BCUT2D eigenvalue weighted by atomic mass is 10.00. The van der Waals surface area contributed by atoms with Crippen LogP contribution in [0, 0.1) is 18.6 Å². The number of aliphatic hydroxyl groups is 1. The van der Waals surface area contributed by atoms with Gasteiger partial charge in [-0.1, -0.05) is 12.1 Å². The van der Waals surface area contributed by atoms with Crippen LogP contribution in [0.3, 0.4) is 0 Å². The van der Waals surface area contributed by atoms with Gasteiger partial charge in [0, 0.05) is 4.88 Å². The maximum absolute atomic E-state index is 13.8. The molecule has 4 heteroatoms. The molecule has 0 saturated heterocycles. The van der Waals surface area contributed by atoms with Crippen LogP contribution in [0.2, 0.25) is 0 Å². The summed E-state index contributed by atoms with van der Waals surface area (Å²) in [5, 5.41) is 12.0. The van der Waals surface area contributed by atoms with Crippen LogP contribution in [0.1, 0.15) is 34.9 Å². The van der Waals surface area contributed by atoms with Gasteiger partial charge in [0.15, 0.2) is 0 Å². The van der Waals surface area contributed by atoms with Gasteiger partial charge in [-0.05, 0) is 49.3 Å². The first-order chi connectivity index (χ1) is 9.09. The molecule has 0 spiro atoms. The summed E-state index contributed by atoms with van der Waals surface area (Å²) in [6.07, 6.45) is 0.799. The van der Waals surface area contributed by atoms with Crippen molar-refractivity contribution >= 4 is 11.3 Å². The summed E-state index contributed by atoms with van der Waals surface area (Å²) in [6, 6.07) is 6.57. The van der Waals surface area contributed by atoms with Gasteiger partial charge in [-0.15, -0.1) is 11.3 Å². The SMILES string of the molecule is Cc1ccc(F)c(C(O)CCCc2cccs2)c1F. The van der Waals surface area contributed by atoms with E-state index in [0.29, 0.717) is 18.4 Å². The van der Waals surface area contributed by atoms with Crippen molar-refractivity contribution in [1.82, 2.24) is 0 Å². The number of halogens is 2. The molecule has 0 fully saturated rings. The second-order valence-corrected chi connectivity index (χ2v) is 5.61. The predicted octanol–water partition coefficient (Wildman–Crippen LogP) is 4.39. The molecule has 0 bridgehead atoms. The number of aliphatic hydroxyl groups excluding tert-OH is 1. The minimum atomic E-state index is -1.08. The highest BCUT2D eigenvalue weighted by Crippen LogP contribution is 2.27. The zero-order valence-electron chi connectivity index (χ0n) is 10.7. The van der Waals surface area contributed by atoms with Crippen LogP contribution >= 0.6 is 11.3 Å². The largest absolute Gasteiger partial charge is 0.388 e. The molecule has 1 nitrogen and oxygen atoms in total. The number of aryl methyl sites for hydroxylation is 2. The monoisotopic (exact) mass is 282 g/mol. The second-order valence-electron chi connectivity index (χ2n) is 4.58. The molecule has 102 valence electrons. The summed E-state index contributed by atoms with van der Waals surface area (Å²) in [4.78, 5) is 1.22. The molecule has 2 aromatic rings. The molecule has 1 heterocycles. The Labute approximate surface area is 115 Å². The normalized spacial score (nSPS) is 12.6. The third-order valence-corrected chi connectivity index (χ3v) is 4.07. The fraction of sp³-hybridized carbons (Fsp3) is 0.333. The first kappa shape index (κ1) is 14.2. The Balaban J connectivity index is 2.00. The van der Waals surface area contributed by atoms with Crippen molar-refractivity contribution in [2.24, 2.45) is 0 Å². The van der Waals surface area contributed by atoms with Crippen LogP contribution < -0.4 is 0 Å². The minimum Gasteiger partial charge on any atom is -0.388 e. The van der Waals surface area contributed by atoms with E-state index >= 15 is 0 Å². The van der Waals surface area contributed by atoms with E-state index in [-0.39, 0.29) is 5.56 Å². The third-order valence-electron chi connectivity index (χ3n) is 3.13. The van der Waals surface area contributed by atoms with E-state index in [2.05, 4.69) is 0 Å². The van der Waals surface area contributed by atoms with Crippen LogP contribution in [0.5, 0.6) is 0 Å². The van der Waals surface area contributed by atoms with Crippen LogP contribution in [0.4, 0.5) is 8.78 Å². The van der Waals surface area contributed by atoms with E-state index in [9.17, 15) is 13.9 Å². The summed E-state index contributed by atoms with van der Waals surface area (Å²) >= 11 is 1.65. The first-order valence-electron chi connectivity index (χ1n) is 6.24. The lowest BCUT2D eigenvalue weighted by molar-refractivity contribution is 0.155. The second kappa shape index (κ2) is 6.26. The first-order valence-corrected chi connectivity index (χ1v) is 7.12. The van der Waals surface area contributed by atoms with Crippen LogP contribution in [-0.2, 0) is 6.42 Å². The van der Waals surface area contributed by atoms with Gasteiger partial charge in [-0.3, -0.25) is 0 Å². The summed E-state index contributed by atoms with van der Waals surface area (Å²) in [5.41, 5.74) is 0.153. The Morgan fingerprint density at radius 1 is 1.26 bits per heavy atom. The molecule has 0 amide bonds. The van der Waals surface area contributed by atoms with Crippen molar-refractivity contribution in [3.63, 3.8) is 0 Å². The van der Waals surface area contributed by atoms with Crippen molar-refractivity contribution in [3.05, 3.63) is 57.3 Å². The fourth-order valence-corrected chi connectivity index (χ4v) is 2.80. The Morgan fingerprint density at radius 2 is 2.05 bits per heavy atom. The highest BCUT2D eigenvalue weighted by atomic mass is 32.1. The summed E-state index contributed by atoms with van der Waals surface area (Å²) < 4.78 is 27.4. The molecule has 1 unspecified atom stereocenters. The van der Waals surface area contributed by atoms with Crippen molar-refractivity contribution in [1.29, 1.82) is 0 Å². The Bertz CT molecular complexity index is 537. The molecular weight excluding hydrogens is 266 g/mol. The molecule has 1 aromatic heterocycles. The predicted molar refractivity (Wildman–Crippen MR) is 73.3 cm³/mol. The molecule has 0 aliphatic rings. The van der Waals surface area contributed by atoms with Gasteiger partial charge in [0.2, 0.25) is 0 Å². The van der Waals surface area contributed by atoms with Crippen LogP contribution in [0.15, 0.2) is 29.6 Å². The van der Waals surface area contributed by atoms with Gasteiger partial charge in [-0.2, -0.15) is 0 Å². The summed E-state index contributed by atoms with van der Waals surface area (Å²) in [7, 11) is 0. The Hall–Kier alpha value is -1.26. The molecule has 1 N–H and O–H groups in total. The third kappa shape index (κ3) is 3.39. The highest BCUT2D eigenvalue weighted by molar-refractivity contribution is 7.09. The highest BCUT2D eigenvalue weighted by Gasteiger charge is 2.19. The molecule has 19 heavy (non-hydrogen) atoms. The molecular formula is C15H16F2OS. The maximum atomic E-state index is 13.8. The van der Waals surface area contributed by atoms with Crippen LogP contribution in [-0.4, -0.2) is 5.11 Å². The average molecular weight is 282 g/mol. The van der Waals surface area contributed by atoms with E-state index in [1.54, 1.807) is 18.3 Å². The zero-order valence-corrected chi connectivity index (χ0v) is 11.5. The molecule has 1 atom stereocenters. The maximum Gasteiger partial charge on any atom is 0.134 e.